The Labute approximate surface area is 188 Å². The number of hydrogen-bond donors (Lipinski definition) is 1. The Kier molecular flexibility index (Phi) is 5.32. The molecular weight excluding hydrogens is 501 g/mol. The van der Waals surface area contributed by atoms with Crippen LogP contribution in [0.2, 0.25) is 0 Å². The van der Waals surface area contributed by atoms with Gasteiger partial charge in [0.1, 0.15) is 17.5 Å². The standard InChI is InChI=1S/C22H23F2IN4O/c1-12-13-10-16(18-14(23)6-5-7-15(18)24)28-29-19(13)22(11-25,21(12,2)3)20-26-9-8-17(27-20)30-4/h5-8,10,12H,9,11H2,1-4H3,(H,26,27)/t12-,22+/m0/s1. The first-order chi connectivity index (χ1) is 14.3. The molecule has 0 bridgehead atoms. The molecule has 30 heavy (non-hydrogen) atoms. The van der Waals surface area contributed by atoms with Crippen LogP contribution in [0, 0.1) is 17.0 Å². The number of halogens is 3. The maximum absolute atomic E-state index is 14.4. The molecule has 0 spiro atoms. The number of ether oxygens (including phenoxy) is 1. The molecule has 2 aliphatic rings. The van der Waals surface area contributed by atoms with Crippen LogP contribution in [0.15, 0.2) is 41.2 Å². The number of methoxy groups -OCH3 is 1. The minimum Gasteiger partial charge on any atom is -0.482 e. The molecule has 2 aromatic rings. The number of nitrogens with one attached hydrogen (secondary N) is 1. The van der Waals surface area contributed by atoms with E-state index in [1.807, 2.05) is 6.08 Å². The second kappa shape index (κ2) is 7.55. The fraction of sp³-hybridized carbons (Fsp3) is 0.409. The van der Waals surface area contributed by atoms with E-state index in [-0.39, 0.29) is 22.6 Å². The molecule has 0 saturated heterocycles. The zero-order chi connectivity index (χ0) is 21.7. The van der Waals surface area contributed by atoms with Crippen LogP contribution in [-0.2, 0) is 10.2 Å². The molecule has 0 unspecified atom stereocenters. The number of nitrogens with zero attached hydrogens (tertiary/aromatic N) is 3. The van der Waals surface area contributed by atoms with E-state index in [0.717, 1.165) is 17.1 Å². The van der Waals surface area contributed by atoms with Crippen LogP contribution in [0.1, 0.15) is 37.9 Å². The predicted octanol–water partition coefficient (Wildman–Crippen LogP) is 4.73. The van der Waals surface area contributed by atoms with Crippen molar-refractivity contribution >= 4 is 28.4 Å². The van der Waals surface area contributed by atoms with Crippen molar-refractivity contribution in [1.82, 2.24) is 15.5 Å². The van der Waals surface area contributed by atoms with Crippen molar-refractivity contribution in [3.8, 4) is 11.3 Å². The van der Waals surface area contributed by atoms with Gasteiger partial charge in [0.05, 0.1) is 36.0 Å². The van der Waals surface area contributed by atoms with Gasteiger partial charge in [-0.15, -0.1) is 5.10 Å². The summed E-state index contributed by atoms with van der Waals surface area (Å²) in [4.78, 5) is 4.75. The van der Waals surface area contributed by atoms with Crippen molar-refractivity contribution in [1.29, 1.82) is 0 Å². The summed E-state index contributed by atoms with van der Waals surface area (Å²) in [6, 6.07) is 5.58. The number of aliphatic imine (C=N–C) groups is 1. The summed E-state index contributed by atoms with van der Waals surface area (Å²) in [6.07, 6.45) is 1.88. The van der Waals surface area contributed by atoms with Gasteiger partial charge in [-0.1, -0.05) is 49.4 Å². The minimum absolute atomic E-state index is 0.0627. The Hall–Kier alpha value is -2.10. The van der Waals surface area contributed by atoms with Gasteiger partial charge in [0.2, 0.25) is 0 Å². The van der Waals surface area contributed by atoms with Crippen LogP contribution in [0.3, 0.4) is 0 Å². The second-order valence-electron chi connectivity index (χ2n) is 8.20. The molecule has 0 fully saturated rings. The number of aromatic nitrogens is 2. The zero-order valence-corrected chi connectivity index (χ0v) is 19.4. The summed E-state index contributed by atoms with van der Waals surface area (Å²) in [7, 11) is 1.61. The smallest absolute Gasteiger partial charge is 0.189 e. The molecule has 5 nitrogen and oxygen atoms in total. The van der Waals surface area contributed by atoms with Gasteiger partial charge < -0.3 is 10.1 Å². The average Bonchev–Trinajstić information content (AvgIpc) is 2.91. The van der Waals surface area contributed by atoms with E-state index in [1.165, 1.54) is 18.2 Å². The third-order valence-corrected chi connectivity index (χ3v) is 7.83. The lowest BCUT2D eigenvalue weighted by molar-refractivity contribution is 0.225. The Morgan fingerprint density at radius 2 is 1.93 bits per heavy atom. The molecule has 2 atom stereocenters. The number of fused-ring (bicyclic) bond motifs is 1. The van der Waals surface area contributed by atoms with Crippen LogP contribution in [0.4, 0.5) is 8.78 Å². The van der Waals surface area contributed by atoms with Gasteiger partial charge in [0, 0.05) is 4.43 Å². The lowest BCUT2D eigenvalue weighted by Crippen LogP contribution is -2.54. The van der Waals surface area contributed by atoms with Crippen LogP contribution >= 0.6 is 22.6 Å². The normalized spacial score (nSPS) is 24.6. The van der Waals surface area contributed by atoms with Crippen LogP contribution < -0.4 is 5.32 Å². The van der Waals surface area contributed by atoms with Gasteiger partial charge in [-0.3, -0.25) is 4.99 Å². The maximum atomic E-state index is 14.4. The molecule has 1 aromatic heterocycles. The quantitative estimate of drug-likeness (QED) is 0.465. The van der Waals surface area contributed by atoms with Crippen LogP contribution in [-0.4, -0.2) is 34.1 Å². The van der Waals surface area contributed by atoms with Crippen molar-refractivity contribution in [2.24, 2.45) is 10.4 Å². The Balaban J connectivity index is 1.90. The van der Waals surface area contributed by atoms with E-state index >= 15 is 0 Å². The molecule has 0 saturated carbocycles. The molecular formula is C22H23F2IN4O. The highest BCUT2D eigenvalue weighted by Gasteiger charge is 2.60. The molecule has 2 heterocycles. The van der Waals surface area contributed by atoms with Crippen molar-refractivity contribution in [3.05, 3.63) is 59.1 Å². The zero-order valence-electron chi connectivity index (χ0n) is 17.3. The highest BCUT2D eigenvalue weighted by Crippen LogP contribution is 2.59. The van der Waals surface area contributed by atoms with Gasteiger partial charge in [0.25, 0.3) is 0 Å². The average molecular weight is 524 g/mol. The summed E-state index contributed by atoms with van der Waals surface area (Å²) in [6.45, 7) is 6.98. The molecule has 1 aliphatic heterocycles. The number of hydrogen-bond acceptors (Lipinski definition) is 5. The van der Waals surface area contributed by atoms with Gasteiger partial charge in [-0.25, -0.2) is 8.78 Å². The fourth-order valence-electron chi connectivity index (χ4n) is 4.52. The van der Waals surface area contributed by atoms with Crippen LogP contribution in [0.25, 0.3) is 11.3 Å². The second-order valence-corrected chi connectivity index (χ2v) is 8.96. The van der Waals surface area contributed by atoms with Gasteiger partial charge >= 0.3 is 0 Å². The number of rotatable bonds is 4. The van der Waals surface area contributed by atoms with Crippen molar-refractivity contribution < 1.29 is 13.5 Å². The Morgan fingerprint density at radius 1 is 1.23 bits per heavy atom. The summed E-state index contributed by atoms with van der Waals surface area (Å²) in [5.74, 6) is 0.197. The molecule has 1 N–H and O–H groups in total. The van der Waals surface area contributed by atoms with Gasteiger partial charge in [-0.05, 0) is 41.2 Å². The largest absolute Gasteiger partial charge is 0.482 e. The molecule has 1 aromatic carbocycles. The summed E-state index contributed by atoms with van der Waals surface area (Å²) >= 11 is 2.36. The third kappa shape index (κ3) is 2.86. The molecule has 4 rings (SSSR count). The van der Waals surface area contributed by atoms with E-state index in [4.69, 9.17) is 9.73 Å². The fourth-order valence-corrected chi connectivity index (χ4v) is 6.22. The Morgan fingerprint density at radius 3 is 2.57 bits per heavy atom. The molecule has 0 amide bonds. The maximum Gasteiger partial charge on any atom is 0.189 e. The molecule has 158 valence electrons. The Bertz CT molecular complexity index is 1050. The first-order valence-electron chi connectivity index (χ1n) is 9.72. The van der Waals surface area contributed by atoms with E-state index in [0.29, 0.717) is 16.9 Å². The first-order valence-corrected chi connectivity index (χ1v) is 11.2. The van der Waals surface area contributed by atoms with E-state index < -0.39 is 17.0 Å². The van der Waals surface area contributed by atoms with E-state index in [2.05, 4.69) is 58.9 Å². The van der Waals surface area contributed by atoms with Crippen molar-refractivity contribution in [3.63, 3.8) is 0 Å². The van der Waals surface area contributed by atoms with Gasteiger partial charge in [-0.2, -0.15) is 5.10 Å². The monoisotopic (exact) mass is 524 g/mol. The van der Waals surface area contributed by atoms with Crippen molar-refractivity contribution in [2.45, 2.75) is 32.1 Å². The summed E-state index contributed by atoms with van der Waals surface area (Å²) in [5.41, 5.74) is 0.954. The number of amidine groups is 1. The SMILES string of the molecule is COC1=CCN=C([C@@]2(CI)c3nnc(-c4c(F)cccc4F)cc3[C@H](C)C2(C)C)N1. The molecule has 0 radical (unpaired) electrons. The molecule has 8 heteroatoms. The summed E-state index contributed by atoms with van der Waals surface area (Å²) in [5, 5.41) is 12.1. The molecule has 1 aliphatic carbocycles. The summed E-state index contributed by atoms with van der Waals surface area (Å²) < 4.78 is 34.9. The first kappa shape index (κ1) is 21.1. The van der Waals surface area contributed by atoms with Crippen molar-refractivity contribution in [2.75, 3.05) is 18.1 Å². The van der Waals surface area contributed by atoms with E-state index in [1.54, 1.807) is 13.2 Å². The number of benzene rings is 1. The van der Waals surface area contributed by atoms with E-state index in [9.17, 15) is 8.78 Å². The minimum atomic E-state index is -0.650. The number of alkyl halides is 1. The lowest BCUT2D eigenvalue weighted by Gasteiger charge is -2.43. The third-order valence-electron chi connectivity index (χ3n) is 6.69. The highest BCUT2D eigenvalue weighted by molar-refractivity contribution is 14.1. The highest BCUT2D eigenvalue weighted by atomic mass is 127. The van der Waals surface area contributed by atoms with Crippen LogP contribution in [0.5, 0.6) is 0 Å². The lowest BCUT2D eigenvalue weighted by atomic mass is 9.64. The topological polar surface area (TPSA) is 59.4 Å². The van der Waals surface area contributed by atoms with Gasteiger partial charge in [0.15, 0.2) is 5.88 Å². The predicted molar refractivity (Wildman–Crippen MR) is 121 cm³/mol.